The van der Waals surface area contributed by atoms with Crippen LogP contribution in [0, 0.1) is 0 Å². The molecule has 6 heteroatoms. The standard InChI is InChI=1S/C10H13N5O/c1-3-11-4-2-7(1)9-14-10(16-15-9)8-5-12-13-6-8/h5-7,11H,1-4H2,(H,12,13). The van der Waals surface area contributed by atoms with E-state index in [1.165, 1.54) is 0 Å². The summed E-state index contributed by atoms with van der Waals surface area (Å²) >= 11 is 0. The highest BCUT2D eigenvalue weighted by Crippen LogP contribution is 2.24. The lowest BCUT2D eigenvalue weighted by atomic mass is 9.98. The van der Waals surface area contributed by atoms with Crippen LogP contribution < -0.4 is 5.32 Å². The lowest BCUT2D eigenvalue weighted by Gasteiger charge is -2.18. The van der Waals surface area contributed by atoms with Gasteiger partial charge in [-0.1, -0.05) is 5.16 Å². The fraction of sp³-hybridized carbons (Fsp3) is 0.500. The van der Waals surface area contributed by atoms with E-state index in [2.05, 4.69) is 25.7 Å². The molecule has 3 heterocycles. The highest BCUT2D eigenvalue weighted by molar-refractivity contribution is 5.49. The molecule has 2 N–H and O–H groups in total. The molecule has 3 rings (SSSR count). The molecular weight excluding hydrogens is 206 g/mol. The number of aromatic amines is 1. The molecule has 0 amide bonds. The van der Waals surface area contributed by atoms with Crippen molar-refractivity contribution < 1.29 is 4.52 Å². The Balaban J connectivity index is 1.82. The quantitative estimate of drug-likeness (QED) is 0.785. The second kappa shape index (κ2) is 4.05. The van der Waals surface area contributed by atoms with E-state index in [0.29, 0.717) is 11.8 Å². The van der Waals surface area contributed by atoms with Crippen LogP contribution in [0.2, 0.25) is 0 Å². The Labute approximate surface area is 92.4 Å². The number of nitrogens with zero attached hydrogens (tertiary/aromatic N) is 3. The predicted molar refractivity (Wildman–Crippen MR) is 56.7 cm³/mol. The Kier molecular flexibility index (Phi) is 2.41. The predicted octanol–water partition coefficient (Wildman–Crippen LogP) is 0.927. The van der Waals surface area contributed by atoms with Gasteiger partial charge in [-0.25, -0.2) is 0 Å². The van der Waals surface area contributed by atoms with E-state index in [9.17, 15) is 0 Å². The highest BCUT2D eigenvalue weighted by Gasteiger charge is 2.21. The molecule has 2 aromatic heterocycles. The van der Waals surface area contributed by atoms with E-state index < -0.39 is 0 Å². The molecule has 2 aromatic rings. The maximum Gasteiger partial charge on any atom is 0.261 e. The van der Waals surface area contributed by atoms with Gasteiger partial charge in [0.25, 0.3) is 5.89 Å². The Morgan fingerprint density at radius 3 is 2.94 bits per heavy atom. The smallest absolute Gasteiger partial charge is 0.261 e. The SMILES string of the molecule is c1n[nH]cc1-c1nc(C2CCNCC2)no1. The van der Waals surface area contributed by atoms with Crippen LogP contribution in [0.4, 0.5) is 0 Å². The van der Waals surface area contributed by atoms with Gasteiger partial charge in [-0.15, -0.1) is 0 Å². The number of rotatable bonds is 2. The van der Waals surface area contributed by atoms with E-state index in [-0.39, 0.29) is 0 Å². The van der Waals surface area contributed by atoms with Crippen LogP contribution in [0.15, 0.2) is 16.9 Å². The summed E-state index contributed by atoms with van der Waals surface area (Å²) in [5.41, 5.74) is 0.840. The molecule has 16 heavy (non-hydrogen) atoms. The summed E-state index contributed by atoms with van der Waals surface area (Å²) in [6.07, 6.45) is 5.58. The average molecular weight is 219 g/mol. The molecule has 0 radical (unpaired) electrons. The van der Waals surface area contributed by atoms with E-state index in [1.807, 2.05) is 0 Å². The zero-order valence-corrected chi connectivity index (χ0v) is 8.81. The normalized spacial score (nSPS) is 17.8. The molecule has 1 saturated heterocycles. The second-order valence-electron chi connectivity index (χ2n) is 3.97. The van der Waals surface area contributed by atoms with E-state index >= 15 is 0 Å². The summed E-state index contributed by atoms with van der Waals surface area (Å²) in [5.74, 6) is 1.78. The summed E-state index contributed by atoms with van der Waals surface area (Å²) in [5, 5.41) is 13.9. The number of H-pyrrole nitrogens is 1. The third kappa shape index (κ3) is 1.71. The second-order valence-corrected chi connectivity index (χ2v) is 3.97. The molecule has 1 fully saturated rings. The molecule has 0 aromatic carbocycles. The van der Waals surface area contributed by atoms with Crippen molar-refractivity contribution >= 4 is 0 Å². The fourth-order valence-electron chi connectivity index (χ4n) is 1.97. The first-order valence-corrected chi connectivity index (χ1v) is 5.47. The third-order valence-corrected chi connectivity index (χ3v) is 2.89. The van der Waals surface area contributed by atoms with Gasteiger partial charge < -0.3 is 9.84 Å². The Morgan fingerprint density at radius 2 is 2.19 bits per heavy atom. The molecule has 1 aliphatic rings. The monoisotopic (exact) mass is 219 g/mol. The number of piperidine rings is 1. The maximum absolute atomic E-state index is 5.22. The van der Waals surface area contributed by atoms with E-state index in [0.717, 1.165) is 37.3 Å². The largest absolute Gasteiger partial charge is 0.334 e. The van der Waals surface area contributed by atoms with Crippen molar-refractivity contribution in [2.75, 3.05) is 13.1 Å². The van der Waals surface area contributed by atoms with Crippen LogP contribution in [-0.4, -0.2) is 33.4 Å². The topological polar surface area (TPSA) is 79.6 Å². The molecule has 0 atom stereocenters. The fourth-order valence-corrected chi connectivity index (χ4v) is 1.97. The number of aromatic nitrogens is 4. The first kappa shape index (κ1) is 9.53. The summed E-state index contributed by atoms with van der Waals surface area (Å²) in [4.78, 5) is 4.41. The van der Waals surface area contributed by atoms with Crippen molar-refractivity contribution in [2.45, 2.75) is 18.8 Å². The van der Waals surface area contributed by atoms with Gasteiger partial charge in [-0.05, 0) is 25.9 Å². The van der Waals surface area contributed by atoms with Crippen molar-refractivity contribution in [1.82, 2.24) is 25.7 Å². The minimum Gasteiger partial charge on any atom is -0.334 e. The molecule has 0 bridgehead atoms. The van der Waals surface area contributed by atoms with E-state index in [4.69, 9.17) is 4.52 Å². The van der Waals surface area contributed by atoms with Crippen molar-refractivity contribution in [3.8, 4) is 11.5 Å². The minimum atomic E-state index is 0.422. The average Bonchev–Trinajstić information content (AvgIpc) is 3.01. The lowest BCUT2D eigenvalue weighted by molar-refractivity contribution is 0.392. The van der Waals surface area contributed by atoms with Gasteiger partial charge in [0.2, 0.25) is 0 Å². The highest BCUT2D eigenvalue weighted by atomic mass is 16.5. The molecule has 0 saturated carbocycles. The third-order valence-electron chi connectivity index (χ3n) is 2.89. The van der Waals surface area contributed by atoms with Gasteiger partial charge in [0.15, 0.2) is 5.82 Å². The molecule has 0 spiro atoms. The van der Waals surface area contributed by atoms with Crippen LogP contribution in [0.5, 0.6) is 0 Å². The maximum atomic E-state index is 5.22. The number of hydrogen-bond donors (Lipinski definition) is 2. The summed E-state index contributed by atoms with van der Waals surface area (Å²) < 4.78 is 5.22. The number of nitrogens with one attached hydrogen (secondary N) is 2. The molecule has 1 aliphatic heterocycles. The van der Waals surface area contributed by atoms with Crippen LogP contribution >= 0.6 is 0 Å². The van der Waals surface area contributed by atoms with Crippen LogP contribution in [0.3, 0.4) is 0 Å². The van der Waals surface area contributed by atoms with Gasteiger partial charge in [0.1, 0.15) is 0 Å². The number of hydrogen-bond acceptors (Lipinski definition) is 5. The Morgan fingerprint density at radius 1 is 1.31 bits per heavy atom. The Hall–Kier alpha value is -1.69. The van der Waals surface area contributed by atoms with Crippen molar-refractivity contribution in [3.63, 3.8) is 0 Å². The van der Waals surface area contributed by atoms with Crippen molar-refractivity contribution in [3.05, 3.63) is 18.2 Å². The lowest BCUT2D eigenvalue weighted by Crippen LogP contribution is -2.27. The minimum absolute atomic E-state index is 0.422. The first-order valence-electron chi connectivity index (χ1n) is 5.47. The van der Waals surface area contributed by atoms with Crippen LogP contribution in [0.1, 0.15) is 24.6 Å². The Bertz CT molecular complexity index is 443. The summed E-state index contributed by atoms with van der Waals surface area (Å²) in [7, 11) is 0. The summed E-state index contributed by atoms with van der Waals surface area (Å²) in [6, 6.07) is 0. The van der Waals surface area contributed by atoms with Gasteiger partial charge >= 0.3 is 0 Å². The molecular formula is C10H13N5O. The molecule has 84 valence electrons. The first-order chi connectivity index (χ1) is 7.93. The molecule has 0 unspecified atom stereocenters. The van der Waals surface area contributed by atoms with Crippen molar-refractivity contribution in [2.24, 2.45) is 0 Å². The van der Waals surface area contributed by atoms with E-state index in [1.54, 1.807) is 12.4 Å². The van der Waals surface area contributed by atoms with Gasteiger partial charge in [0.05, 0.1) is 11.8 Å². The van der Waals surface area contributed by atoms with Gasteiger partial charge in [-0.3, -0.25) is 5.10 Å². The molecule has 0 aliphatic carbocycles. The van der Waals surface area contributed by atoms with Gasteiger partial charge in [-0.2, -0.15) is 10.1 Å². The van der Waals surface area contributed by atoms with Gasteiger partial charge in [0, 0.05) is 12.1 Å². The summed E-state index contributed by atoms with van der Waals surface area (Å²) in [6.45, 7) is 2.06. The van der Waals surface area contributed by atoms with Crippen molar-refractivity contribution in [1.29, 1.82) is 0 Å². The zero-order chi connectivity index (χ0) is 10.8. The van der Waals surface area contributed by atoms with Crippen LogP contribution in [-0.2, 0) is 0 Å². The zero-order valence-electron chi connectivity index (χ0n) is 8.81. The molecule has 6 nitrogen and oxygen atoms in total. The van der Waals surface area contributed by atoms with Crippen LogP contribution in [0.25, 0.3) is 11.5 Å².